The second-order valence-electron chi connectivity index (χ2n) is 5.27. The van der Waals surface area contributed by atoms with Crippen LogP contribution in [-0.2, 0) is 10.1 Å². The van der Waals surface area contributed by atoms with Crippen LogP contribution < -0.4 is 14.8 Å². The van der Waals surface area contributed by atoms with E-state index in [1.54, 1.807) is 30.3 Å². The summed E-state index contributed by atoms with van der Waals surface area (Å²) >= 11 is 0. The molecule has 0 aliphatic carbocycles. The fourth-order valence-electron chi connectivity index (χ4n) is 2.47. The van der Waals surface area contributed by atoms with Crippen molar-refractivity contribution in [2.45, 2.75) is 5.51 Å². The Morgan fingerprint density at radius 3 is 2.27 bits per heavy atom. The zero-order valence-corrected chi connectivity index (χ0v) is 13.7. The summed E-state index contributed by atoms with van der Waals surface area (Å²) in [7, 11) is -5.80. The minimum Gasteiger partial charge on any atom is -0.376 e. The molecule has 1 aliphatic heterocycles. The first-order chi connectivity index (χ1) is 12.1. The van der Waals surface area contributed by atoms with Crippen molar-refractivity contribution in [1.29, 1.82) is 0 Å². The molecule has 6 nitrogen and oxygen atoms in total. The topological polar surface area (TPSA) is 89.7 Å². The van der Waals surface area contributed by atoms with Crippen molar-refractivity contribution in [3.8, 4) is 5.75 Å². The molecule has 2 aromatic rings. The molecule has 0 atom stereocenters. The summed E-state index contributed by atoms with van der Waals surface area (Å²) in [5, 5.41) is 0. The molecule has 136 valence electrons. The van der Waals surface area contributed by atoms with Crippen LogP contribution >= 0.6 is 0 Å². The molecular weight excluding hydrogens is 373 g/mol. The zero-order chi connectivity index (χ0) is 19.1. The van der Waals surface area contributed by atoms with E-state index >= 15 is 0 Å². The lowest BCUT2D eigenvalue weighted by Crippen LogP contribution is -2.32. The number of rotatable bonds is 2. The molecule has 0 fully saturated rings. The third kappa shape index (κ3) is 3.10. The quantitative estimate of drug-likeness (QED) is 0.633. The summed E-state index contributed by atoms with van der Waals surface area (Å²) in [5.74, 6) is -0.541. The second kappa shape index (κ2) is 6.06. The number of halogens is 3. The molecule has 1 aliphatic rings. The predicted molar refractivity (Wildman–Crippen MR) is 89.1 cm³/mol. The maximum absolute atomic E-state index is 12.5. The number of carbonyl (C=O) groups excluding carboxylic acids is 1. The van der Waals surface area contributed by atoms with Gasteiger partial charge in [0, 0.05) is 5.56 Å². The SMILES string of the molecule is NC(=O)N1c2ccccc2C=Cc2cc(OS(=O)(=O)C(F)(F)F)ccc21. The van der Waals surface area contributed by atoms with Gasteiger partial charge < -0.3 is 9.92 Å². The summed E-state index contributed by atoms with van der Waals surface area (Å²) in [6.07, 6.45) is 3.14. The van der Waals surface area contributed by atoms with E-state index in [4.69, 9.17) is 5.73 Å². The van der Waals surface area contributed by atoms with Crippen LogP contribution in [0.5, 0.6) is 5.75 Å². The van der Waals surface area contributed by atoms with Gasteiger partial charge in [-0.15, -0.1) is 0 Å². The summed E-state index contributed by atoms with van der Waals surface area (Å²) in [5.41, 5.74) is 1.55. The largest absolute Gasteiger partial charge is 0.534 e. The highest BCUT2D eigenvalue weighted by Gasteiger charge is 2.48. The number of anilines is 2. The Kier molecular flexibility index (Phi) is 4.15. The summed E-state index contributed by atoms with van der Waals surface area (Å²) in [6.45, 7) is 0. The van der Waals surface area contributed by atoms with E-state index in [0.717, 1.165) is 12.1 Å². The molecule has 10 heteroatoms. The third-order valence-corrected chi connectivity index (χ3v) is 4.55. The van der Waals surface area contributed by atoms with Gasteiger partial charge in [-0.05, 0) is 29.8 Å². The van der Waals surface area contributed by atoms with Gasteiger partial charge in [0.2, 0.25) is 0 Å². The van der Waals surface area contributed by atoms with Crippen molar-refractivity contribution in [2.75, 3.05) is 4.90 Å². The Labute approximate surface area is 146 Å². The number of primary amides is 1. The molecule has 0 bridgehead atoms. The third-order valence-electron chi connectivity index (χ3n) is 3.57. The first-order valence-electron chi connectivity index (χ1n) is 7.11. The first kappa shape index (κ1) is 17.8. The van der Waals surface area contributed by atoms with E-state index < -0.39 is 27.4 Å². The Morgan fingerprint density at radius 1 is 1.00 bits per heavy atom. The average molecular weight is 384 g/mol. The molecular formula is C16H11F3N2O4S. The highest BCUT2D eigenvalue weighted by Crippen LogP contribution is 2.38. The number of amides is 2. The van der Waals surface area contributed by atoms with E-state index in [0.29, 0.717) is 11.3 Å². The number of urea groups is 1. The van der Waals surface area contributed by atoms with Crippen molar-refractivity contribution >= 4 is 39.7 Å². The monoisotopic (exact) mass is 384 g/mol. The standard InChI is InChI=1S/C16H11F3N2O4S/c17-16(18,19)26(23,24)25-12-7-8-14-11(9-12)6-5-10-3-1-2-4-13(10)21(14)15(20)22/h1-9H,(H2,20,22). The Balaban J connectivity index is 2.09. The van der Waals surface area contributed by atoms with E-state index in [-0.39, 0.29) is 11.3 Å². The molecule has 0 spiro atoms. The van der Waals surface area contributed by atoms with Crippen LogP contribution in [0.3, 0.4) is 0 Å². The van der Waals surface area contributed by atoms with Gasteiger partial charge in [-0.1, -0.05) is 30.4 Å². The van der Waals surface area contributed by atoms with E-state index in [1.165, 1.54) is 17.0 Å². The van der Waals surface area contributed by atoms with Crippen LogP contribution in [0.4, 0.5) is 29.3 Å². The second-order valence-corrected chi connectivity index (χ2v) is 6.81. The van der Waals surface area contributed by atoms with Crippen LogP contribution in [-0.4, -0.2) is 20.0 Å². The lowest BCUT2D eigenvalue weighted by atomic mass is 10.1. The number of nitrogens with two attached hydrogens (primary N) is 1. The molecule has 3 rings (SSSR count). The highest BCUT2D eigenvalue weighted by atomic mass is 32.2. The van der Waals surface area contributed by atoms with Gasteiger partial charge in [0.15, 0.2) is 0 Å². The van der Waals surface area contributed by atoms with Gasteiger partial charge in [0.25, 0.3) is 0 Å². The Morgan fingerprint density at radius 2 is 1.62 bits per heavy atom. The number of alkyl halides is 3. The minimum absolute atomic E-state index is 0.259. The number of hydrogen-bond donors (Lipinski definition) is 1. The van der Waals surface area contributed by atoms with Crippen molar-refractivity contribution < 1.29 is 30.6 Å². The molecule has 26 heavy (non-hydrogen) atoms. The van der Waals surface area contributed by atoms with E-state index in [2.05, 4.69) is 4.18 Å². The molecule has 2 aromatic carbocycles. The lowest BCUT2D eigenvalue weighted by Gasteiger charge is -2.23. The van der Waals surface area contributed by atoms with Gasteiger partial charge in [0.1, 0.15) is 5.75 Å². The zero-order valence-electron chi connectivity index (χ0n) is 12.9. The lowest BCUT2D eigenvalue weighted by molar-refractivity contribution is -0.0500. The fourth-order valence-corrected chi connectivity index (χ4v) is 2.93. The molecule has 0 aromatic heterocycles. The number of fused-ring (bicyclic) bond motifs is 2. The van der Waals surface area contributed by atoms with Crippen LogP contribution in [0.1, 0.15) is 11.1 Å². The summed E-state index contributed by atoms with van der Waals surface area (Å²) < 4.78 is 63.9. The Bertz CT molecular complexity index is 1020. The molecule has 0 radical (unpaired) electrons. The number of benzene rings is 2. The molecule has 0 saturated heterocycles. The van der Waals surface area contributed by atoms with Crippen molar-refractivity contribution in [3.63, 3.8) is 0 Å². The highest BCUT2D eigenvalue weighted by molar-refractivity contribution is 7.88. The number of hydrogen-bond acceptors (Lipinski definition) is 4. The molecule has 0 unspecified atom stereocenters. The number of para-hydroxylation sites is 1. The van der Waals surface area contributed by atoms with Crippen LogP contribution in [0.25, 0.3) is 12.2 Å². The Hall–Kier alpha value is -3.01. The minimum atomic E-state index is -5.80. The number of carbonyl (C=O) groups is 1. The van der Waals surface area contributed by atoms with E-state index in [1.807, 2.05) is 0 Å². The van der Waals surface area contributed by atoms with Gasteiger partial charge in [-0.3, -0.25) is 4.90 Å². The molecule has 1 heterocycles. The van der Waals surface area contributed by atoms with Crippen molar-refractivity contribution in [2.24, 2.45) is 5.73 Å². The average Bonchev–Trinajstić information content (AvgIpc) is 2.70. The number of nitrogens with zero attached hydrogens (tertiary/aromatic N) is 1. The molecule has 0 saturated carbocycles. The fraction of sp³-hybridized carbons (Fsp3) is 0.0625. The van der Waals surface area contributed by atoms with Crippen LogP contribution in [0.2, 0.25) is 0 Å². The molecule has 2 N–H and O–H groups in total. The van der Waals surface area contributed by atoms with Gasteiger partial charge in [-0.2, -0.15) is 21.6 Å². The summed E-state index contributed by atoms with van der Waals surface area (Å²) in [4.78, 5) is 13.1. The smallest absolute Gasteiger partial charge is 0.376 e. The first-order valence-corrected chi connectivity index (χ1v) is 8.52. The predicted octanol–water partition coefficient (Wildman–Crippen LogP) is 3.62. The summed E-state index contributed by atoms with van der Waals surface area (Å²) in [6, 6.07) is 9.35. The van der Waals surface area contributed by atoms with Crippen LogP contribution in [0, 0.1) is 0 Å². The maximum atomic E-state index is 12.5. The normalized spacial score (nSPS) is 13.6. The van der Waals surface area contributed by atoms with Crippen molar-refractivity contribution in [3.05, 3.63) is 53.6 Å². The molecule has 2 amide bonds. The van der Waals surface area contributed by atoms with Crippen molar-refractivity contribution in [1.82, 2.24) is 0 Å². The van der Waals surface area contributed by atoms with Gasteiger partial charge in [-0.25, -0.2) is 4.79 Å². The maximum Gasteiger partial charge on any atom is 0.534 e. The van der Waals surface area contributed by atoms with Gasteiger partial charge >= 0.3 is 21.7 Å². The van der Waals surface area contributed by atoms with Gasteiger partial charge in [0.05, 0.1) is 11.4 Å². The van der Waals surface area contributed by atoms with Crippen LogP contribution in [0.15, 0.2) is 42.5 Å². The van der Waals surface area contributed by atoms with E-state index in [9.17, 15) is 26.4 Å².